The van der Waals surface area contributed by atoms with Crippen molar-refractivity contribution in [3.05, 3.63) is 50.6 Å². The maximum Gasteiger partial charge on any atom is 0.280 e. The van der Waals surface area contributed by atoms with Gasteiger partial charge in [0, 0.05) is 52.4 Å². The van der Waals surface area contributed by atoms with Crippen LogP contribution in [0, 0.1) is 0 Å². The van der Waals surface area contributed by atoms with E-state index in [0.29, 0.717) is 15.7 Å². The maximum atomic E-state index is 13.0. The number of fused-ring (bicyclic) bond motifs is 2. The van der Waals surface area contributed by atoms with Gasteiger partial charge in [-0.2, -0.15) is 0 Å². The highest BCUT2D eigenvalue weighted by molar-refractivity contribution is 7.13. The summed E-state index contributed by atoms with van der Waals surface area (Å²) in [6, 6.07) is 7.08. The van der Waals surface area contributed by atoms with Crippen molar-refractivity contribution in [3.8, 4) is 0 Å². The van der Waals surface area contributed by atoms with Crippen molar-refractivity contribution in [2.45, 2.75) is 50.7 Å². The van der Waals surface area contributed by atoms with Crippen LogP contribution in [0.1, 0.15) is 56.5 Å². The molecule has 1 aromatic carbocycles. The van der Waals surface area contributed by atoms with Crippen LogP contribution in [-0.2, 0) is 13.0 Å². The van der Waals surface area contributed by atoms with Crippen LogP contribution in [0.25, 0.3) is 10.9 Å². The maximum absolute atomic E-state index is 13.0. The van der Waals surface area contributed by atoms with Gasteiger partial charge in [0.2, 0.25) is 0 Å². The number of nitrogens with one attached hydrogen (secondary N) is 3. The Morgan fingerprint density at radius 3 is 2.64 bits per heavy atom. The molecule has 0 bridgehead atoms. The number of aromatic nitrogens is 2. The van der Waals surface area contributed by atoms with Crippen molar-refractivity contribution < 1.29 is 9.59 Å². The molecule has 0 radical (unpaired) electrons. The standard InChI is InChI=1S/C23H26ClN5O2S.ClH/c1-29-9-8-18-20(12-29)32-23(28-18)22(31)27-17-5-3-2-4-16(17)26-21(30)19-11-13-10-14(24)6-7-15(13)25-19;/h6-7,10-11,16-17,25H,2-5,8-9,12H2,1H3,(H,26,30)(H,27,31);1H. The Labute approximate surface area is 207 Å². The molecule has 1 fully saturated rings. The normalized spacial score (nSPS) is 20.7. The van der Waals surface area contributed by atoms with Crippen LogP contribution in [0.5, 0.6) is 0 Å². The van der Waals surface area contributed by atoms with E-state index in [1.807, 2.05) is 18.2 Å². The van der Waals surface area contributed by atoms with Crippen LogP contribution in [-0.4, -0.2) is 52.4 Å². The molecule has 1 aliphatic carbocycles. The number of carbonyl (C=O) groups is 2. The number of aromatic amines is 1. The third-order valence-corrected chi connectivity index (χ3v) is 7.66. The van der Waals surface area contributed by atoms with Crippen LogP contribution < -0.4 is 10.6 Å². The number of rotatable bonds is 4. The smallest absolute Gasteiger partial charge is 0.280 e. The zero-order valence-electron chi connectivity index (χ0n) is 18.3. The molecule has 5 rings (SSSR count). The summed E-state index contributed by atoms with van der Waals surface area (Å²) in [5.74, 6) is -0.310. The molecule has 3 N–H and O–H groups in total. The Balaban J connectivity index is 0.00000259. The van der Waals surface area contributed by atoms with E-state index >= 15 is 0 Å². The zero-order valence-corrected chi connectivity index (χ0v) is 20.7. The number of amides is 2. The molecule has 3 aromatic rings. The minimum atomic E-state index is -0.170. The van der Waals surface area contributed by atoms with Gasteiger partial charge < -0.3 is 20.5 Å². The minimum absolute atomic E-state index is 0. The summed E-state index contributed by atoms with van der Waals surface area (Å²) in [7, 11) is 2.08. The Morgan fingerprint density at radius 1 is 1.15 bits per heavy atom. The highest BCUT2D eigenvalue weighted by Gasteiger charge is 2.30. The van der Waals surface area contributed by atoms with Gasteiger partial charge in [-0.1, -0.05) is 24.4 Å². The van der Waals surface area contributed by atoms with E-state index in [4.69, 9.17) is 11.6 Å². The number of H-pyrrole nitrogens is 1. The molecule has 2 atom stereocenters. The number of hydrogen-bond donors (Lipinski definition) is 3. The quantitative estimate of drug-likeness (QED) is 0.494. The average molecular weight is 508 g/mol. The van der Waals surface area contributed by atoms with Gasteiger partial charge in [-0.15, -0.1) is 23.7 Å². The predicted molar refractivity (Wildman–Crippen MR) is 134 cm³/mol. The lowest BCUT2D eigenvalue weighted by atomic mass is 9.90. The van der Waals surface area contributed by atoms with Crippen LogP contribution in [0.15, 0.2) is 24.3 Å². The van der Waals surface area contributed by atoms with E-state index in [0.717, 1.165) is 61.8 Å². The third-order valence-electron chi connectivity index (χ3n) is 6.34. The van der Waals surface area contributed by atoms with E-state index in [2.05, 4.69) is 32.5 Å². The van der Waals surface area contributed by atoms with Crippen LogP contribution in [0.2, 0.25) is 5.02 Å². The van der Waals surface area contributed by atoms with E-state index in [-0.39, 0.29) is 36.3 Å². The number of likely N-dealkylation sites (N-methyl/N-ethyl adjacent to an activating group) is 1. The molecule has 10 heteroatoms. The van der Waals surface area contributed by atoms with Crippen molar-refractivity contribution in [2.24, 2.45) is 0 Å². The third kappa shape index (κ3) is 5.19. The van der Waals surface area contributed by atoms with E-state index in [1.165, 1.54) is 16.2 Å². The van der Waals surface area contributed by atoms with E-state index in [1.54, 1.807) is 6.07 Å². The van der Waals surface area contributed by atoms with Crippen LogP contribution >= 0.6 is 35.3 Å². The fourth-order valence-electron chi connectivity index (χ4n) is 4.60. The molecular weight excluding hydrogens is 481 g/mol. The second-order valence-electron chi connectivity index (χ2n) is 8.74. The zero-order chi connectivity index (χ0) is 22.2. The summed E-state index contributed by atoms with van der Waals surface area (Å²) < 4.78 is 0. The molecule has 176 valence electrons. The first-order chi connectivity index (χ1) is 15.5. The highest BCUT2D eigenvalue weighted by Crippen LogP contribution is 2.26. The molecule has 7 nitrogen and oxygen atoms in total. The molecular formula is C23H27Cl2N5O2S. The first kappa shape index (κ1) is 24.0. The number of benzene rings is 1. The van der Waals surface area contributed by atoms with Crippen molar-refractivity contribution in [1.29, 1.82) is 0 Å². The molecule has 2 unspecified atom stereocenters. The van der Waals surface area contributed by atoms with Gasteiger partial charge in [0.25, 0.3) is 11.8 Å². The second kappa shape index (κ2) is 10.0. The second-order valence-corrected chi connectivity index (χ2v) is 10.3. The number of thiazole rings is 1. The molecule has 1 saturated carbocycles. The SMILES string of the molecule is CN1CCc2nc(C(=O)NC3CCCCC3NC(=O)c3cc4cc(Cl)ccc4[nH]3)sc2C1.Cl. The molecule has 1 aliphatic heterocycles. The molecule has 0 saturated heterocycles. The van der Waals surface area contributed by atoms with Gasteiger partial charge in [0.1, 0.15) is 5.69 Å². The highest BCUT2D eigenvalue weighted by atomic mass is 35.5. The first-order valence-corrected chi connectivity index (χ1v) is 12.2. The minimum Gasteiger partial charge on any atom is -0.351 e. The van der Waals surface area contributed by atoms with Gasteiger partial charge in [-0.3, -0.25) is 9.59 Å². The summed E-state index contributed by atoms with van der Waals surface area (Å²) in [6.07, 6.45) is 4.61. The number of halogens is 2. The lowest BCUT2D eigenvalue weighted by Gasteiger charge is -2.32. The molecule has 3 heterocycles. The van der Waals surface area contributed by atoms with Crippen molar-refractivity contribution in [3.63, 3.8) is 0 Å². The van der Waals surface area contributed by atoms with Crippen molar-refractivity contribution in [1.82, 2.24) is 25.5 Å². The van der Waals surface area contributed by atoms with Crippen molar-refractivity contribution >= 4 is 58.1 Å². The fraction of sp³-hybridized carbons (Fsp3) is 0.435. The lowest BCUT2D eigenvalue weighted by Crippen LogP contribution is -2.53. The molecule has 33 heavy (non-hydrogen) atoms. The Kier molecular flexibility index (Phi) is 7.28. The number of hydrogen-bond acceptors (Lipinski definition) is 5. The number of nitrogens with zero attached hydrogens (tertiary/aromatic N) is 2. The topological polar surface area (TPSA) is 90.1 Å². The van der Waals surface area contributed by atoms with Crippen LogP contribution in [0.3, 0.4) is 0 Å². The molecule has 2 aromatic heterocycles. The first-order valence-electron chi connectivity index (χ1n) is 11.0. The predicted octanol–water partition coefficient (Wildman–Crippen LogP) is 4.16. The molecule has 0 spiro atoms. The van der Waals surface area contributed by atoms with Gasteiger partial charge in [0.05, 0.1) is 5.69 Å². The lowest BCUT2D eigenvalue weighted by molar-refractivity contribution is 0.0860. The van der Waals surface area contributed by atoms with E-state index in [9.17, 15) is 9.59 Å². The summed E-state index contributed by atoms with van der Waals surface area (Å²) in [5, 5.41) is 8.33. The molecule has 2 amide bonds. The Hall–Kier alpha value is -2.13. The molecule has 2 aliphatic rings. The Morgan fingerprint density at radius 2 is 1.88 bits per heavy atom. The number of carbonyl (C=O) groups excluding carboxylic acids is 2. The van der Waals surface area contributed by atoms with Gasteiger partial charge in [0.15, 0.2) is 5.01 Å². The Bertz CT molecular complexity index is 1180. The summed E-state index contributed by atoms with van der Waals surface area (Å²) >= 11 is 7.54. The summed E-state index contributed by atoms with van der Waals surface area (Å²) in [4.78, 5) is 37.1. The fourth-order valence-corrected chi connectivity index (χ4v) is 5.87. The largest absolute Gasteiger partial charge is 0.351 e. The van der Waals surface area contributed by atoms with Gasteiger partial charge in [-0.05, 0) is 44.2 Å². The van der Waals surface area contributed by atoms with Gasteiger partial charge in [-0.25, -0.2) is 4.98 Å². The van der Waals surface area contributed by atoms with Gasteiger partial charge >= 0.3 is 0 Å². The van der Waals surface area contributed by atoms with E-state index < -0.39 is 0 Å². The monoisotopic (exact) mass is 507 g/mol. The average Bonchev–Trinajstić information content (AvgIpc) is 3.38. The summed E-state index contributed by atoms with van der Waals surface area (Å²) in [6.45, 7) is 1.81. The van der Waals surface area contributed by atoms with Crippen molar-refractivity contribution in [2.75, 3.05) is 13.6 Å². The summed E-state index contributed by atoms with van der Waals surface area (Å²) in [5.41, 5.74) is 2.41. The van der Waals surface area contributed by atoms with Crippen LogP contribution in [0.4, 0.5) is 0 Å².